The zero-order valence-corrected chi connectivity index (χ0v) is 20.2. The standard InChI is InChI=1S/C25H34N4O4/c1-16-6-7-21-22(29(16)17(2)30)9-8-20(23(21)31)18-14-26-28(15-18)19-10-12-27(13-11-19)24(32)33-25(3,4)5/h8-9,14-16,19,31H,6-7,10-13H2,1-5H3. The highest BCUT2D eigenvalue weighted by molar-refractivity contribution is 5.95. The normalized spacial score (nSPS) is 19.4. The number of carbonyl (C=O) groups is 2. The Bertz CT molecular complexity index is 1050. The summed E-state index contributed by atoms with van der Waals surface area (Å²) in [7, 11) is 0. The summed E-state index contributed by atoms with van der Waals surface area (Å²) in [5.41, 5.74) is 2.69. The minimum Gasteiger partial charge on any atom is -0.507 e. The van der Waals surface area contributed by atoms with Gasteiger partial charge < -0.3 is 19.6 Å². The maximum absolute atomic E-state index is 12.3. The van der Waals surface area contributed by atoms with Crippen molar-refractivity contribution in [2.45, 2.75) is 78.0 Å². The Hall–Kier alpha value is -3.03. The number of phenols is 1. The number of aromatic hydroxyl groups is 1. The van der Waals surface area contributed by atoms with E-state index in [2.05, 4.69) is 5.10 Å². The first-order valence-electron chi connectivity index (χ1n) is 11.7. The van der Waals surface area contributed by atoms with Crippen LogP contribution in [0.2, 0.25) is 0 Å². The summed E-state index contributed by atoms with van der Waals surface area (Å²) in [6.07, 6.45) is 6.61. The number of nitrogens with zero attached hydrogens (tertiary/aromatic N) is 4. The lowest BCUT2D eigenvalue weighted by Crippen LogP contribution is -2.42. The number of hydrogen-bond donors (Lipinski definition) is 1. The molecule has 1 aromatic carbocycles. The van der Waals surface area contributed by atoms with Crippen LogP contribution in [0.15, 0.2) is 24.5 Å². The van der Waals surface area contributed by atoms with E-state index in [0.717, 1.165) is 48.1 Å². The minimum atomic E-state index is -0.499. The molecule has 0 spiro atoms. The monoisotopic (exact) mass is 454 g/mol. The van der Waals surface area contributed by atoms with Gasteiger partial charge in [0.1, 0.15) is 11.4 Å². The van der Waals surface area contributed by atoms with Crippen molar-refractivity contribution in [1.82, 2.24) is 14.7 Å². The quantitative estimate of drug-likeness (QED) is 0.721. The lowest BCUT2D eigenvalue weighted by Gasteiger charge is -2.35. The van der Waals surface area contributed by atoms with Gasteiger partial charge in [-0.15, -0.1) is 0 Å². The van der Waals surface area contributed by atoms with Crippen LogP contribution in [-0.4, -0.2) is 56.5 Å². The number of aromatic nitrogens is 2. The van der Waals surface area contributed by atoms with E-state index in [-0.39, 0.29) is 29.8 Å². The van der Waals surface area contributed by atoms with Gasteiger partial charge >= 0.3 is 6.09 Å². The summed E-state index contributed by atoms with van der Waals surface area (Å²) < 4.78 is 7.41. The summed E-state index contributed by atoms with van der Waals surface area (Å²) in [5.74, 6) is 0.214. The van der Waals surface area contributed by atoms with Gasteiger partial charge in [0.15, 0.2) is 0 Å². The van der Waals surface area contributed by atoms with Gasteiger partial charge in [-0.2, -0.15) is 5.10 Å². The number of fused-ring (bicyclic) bond motifs is 1. The molecule has 2 amide bonds. The number of rotatable bonds is 2. The van der Waals surface area contributed by atoms with Gasteiger partial charge in [0.05, 0.1) is 17.9 Å². The fraction of sp³-hybridized carbons (Fsp3) is 0.560. The molecule has 1 fully saturated rings. The summed E-state index contributed by atoms with van der Waals surface area (Å²) in [6, 6.07) is 4.10. The molecule has 1 unspecified atom stereocenters. The molecule has 0 saturated carbocycles. The molecule has 8 heteroatoms. The zero-order valence-electron chi connectivity index (χ0n) is 20.2. The van der Waals surface area contributed by atoms with Crippen LogP contribution in [0.5, 0.6) is 5.75 Å². The second-order valence-electron chi connectivity index (χ2n) is 10.1. The van der Waals surface area contributed by atoms with Crippen molar-refractivity contribution in [2.75, 3.05) is 18.0 Å². The SMILES string of the molecule is CC(=O)N1c2ccc(-c3cnn(C4CCN(C(=O)OC(C)(C)C)CC4)c3)c(O)c2CCC1C. The van der Waals surface area contributed by atoms with E-state index in [9.17, 15) is 14.7 Å². The van der Waals surface area contributed by atoms with Crippen LogP contribution >= 0.6 is 0 Å². The highest BCUT2D eigenvalue weighted by atomic mass is 16.6. The first-order chi connectivity index (χ1) is 15.5. The molecule has 8 nitrogen and oxygen atoms in total. The molecule has 2 aliphatic heterocycles. The summed E-state index contributed by atoms with van der Waals surface area (Å²) >= 11 is 0. The average molecular weight is 455 g/mol. The van der Waals surface area contributed by atoms with E-state index in [1.165, 1.54) is 0 Å². The van der Waals surface area contributed by atoms with Gasteiger partial charge in [0, 0.05) is 48.9 Å². The van der Waals surface area contributed by atoms with Gasteiger partial charge in [0.25, 0.3) is 0 Å². The summed E-state index contributed by atoms with van der Waals surface area (Å²) in [6.45, 7) is 10.5. The maximum atomic E-state index is 12.3. The van der Waals surface area contributed by atoms with Crippen LogP contribution in [0.1, 0.15) is 65.5 Å². The molecular formula is C25H34N4O4. The molecule has 1 saturated heterocycles. The highest BCUT2D eigenvalue weighted by Crippen LogP contribution is 2.42. The van der Waals surface area contributed by atoms with E-state index in [4.69, 9.17) is 4.74 Å². The number of likely N-dealkylation sites (tertiary alicyclic amines) is 1. The van der Waals surface area contributed by atoms with Crippen LogP contribution in [0.4, 0.5) is 10.5 Å². The van der Waals surface area contributed by atoms with Crippen LogP contribution in [0.3, 0.4) is 0 Å². The molecule has 0 bridgehead atoms. The van der Waals surface area contributed by atoms with Gasteiger partial charge in [0.2, 0.25) is 5.91 Å². The molecule has 0 radical (unpaired) electrons. The van der Waals surface area contributed by atoms with Crippen LogP contribution in [-0.2, 0) is 16.0 Å². The molecule has 1 aromatic heterocycles. The number of benzene rings is 1. The summed E-state index contributed by atoms with van der Waals surface area (Å²) in [4.78, 5) is 28.0. The molecule has 3 heterocycles. The van der Waals surface area contributed by atoms with Gasteiger partial charge in [-0.25, -0.2) is 4.79 Å². The first-order valence-corrected chi connectivity index (χ1v) is 11.7. The van der Waals surface area contributed by atoms with E-state index in [1.54, 1.807) is 22.9 Å². The van der Waals surface area contributed by atoms with Crippen molar-refractivity contribution < 1.29 is 19.4 Å². The molecule has 1 N–H and O–H groups in total. The largest absolute Gasteiger partial charge is 0.507 e. The van der Waals surface area contributed by atoms with Gasteiger partial charge in [-0.3, -0.25) is 9.48 Å². The molecule has 0 aliphatic carbocycles. The number of phenolic OH excluding ortho intramolecular Hbond substituents is 1. The Labute approximate surface area is 195 Å². The van der Waals surface area contributed by atoms with Crippen LogP contribution < -0.4 is 4.90 Å². The van der Waals surface area contributed by atoms with E-state index in [0.29, 0.717) is 13.1 Å². The average Bonchev–Trinajstić information content (AvgIpc) is 3.22. The summed E-state index contributed by atoms with van der Waals surface area (Å²) in [5, 5.41) is 15.6. The molecule has 2 aromatic rings. The topological polar surface area (TPSA) is 87.9 Å². The predicted molar refractivity (Wildman–Crippen MR) is 126 cm³/mol. The molecule has 178 valence electrons. The number of hydrogen-bond acceptors (Lipinski definition) is 5. The zero-order chi connectivity index (χ0) is 23.9. The number of carbonyl (C=O) groups excluding carboxylic acids is 2. The lowest BCUT2D eigenvalue weighted by molar-refractivity contribution is -0.117. The Morgan fingerprint density at radius 3 is 2.48 bits per heavy atom. The maximum Gasteiger partial charge on any atom is 0.410 e. The third-order valence-corrected chi connectivity index (χ3v) is 6.51. The lowest BCUT2D eigenvalue weighted by atomic mass is 9.92. The highest BCUT2D eigenvalue weighted by Gasteiger charge is 2.30. The second-order valence-corrected chi connectivity index (χ2v) is 10.1. The fourth-order valence-electron chi connectivity index (χ4n) is 4.85. The van der Waals surface area contributed by atoms with Crippen molar-refractivity contribution in [2.24, 2.45) is 0 Å². The number of ether oxygens (including phenoxy) is 1. The van der Waals surface area contributed by atoms with Crippen molar-refractivity contribution >= 4 is 17.7 Å². The number of anilines is 1. The van der Waals surface area contributed by atoms with Crippen LogP contribution in [0.25, 0.3) is 11.1 Å². The molecule has 2 aliphatic rings. The Morgan fingerprint density at radius 2 is 1.85 bits per heavy atom. The Balaban J connectivity index is 1.49. The van der Waals surface area contributed by atoms with E-state index in [1.807, 2.05) is 50.7 Å². The Morgan fingerprint density at radius 1 is 1.15 bits per heavy atom. The first kappa shape index (κ1) is 23.1. The fourth-order valence-corrected chi connectivity index (χ4v) is 4.85. The number of amides is 2. The minimum absolute atomic E-state index is 0.0128. The van der Waals surface area contributed by atoms with Gasteiger partial charge in [-0.05, 0) is 65.5 Å². The van der Waals surface area contributed by atoms with Crippen LogP contribution in [0, 0.1) is 0 Å². The van der Waals surface area contributed by atoms with Crippen molar-refractivity contribution in [3.63, 3.8) is 0 Å². The Kier molecular flexibility index (Phi) is 6.12. The smallest absolute Gasteiger partial charge is 0.410 e. The number of piperidine rings is 1. The predicted octanol–water partition coefficient (Wildman–Crippen LogP) is 4.52. The molecule has 4 rings (SSSR count). The van der Waals surface area contributed by atoms with Gasteiger partial charge in [-0.1, -0.05) is 0 Å². The third kappa shape index (κ3) is 4.70. The molecular weight excluding hydrogens is 420 g/mol. The van der Waals surface area contributed by atoms with E-state index >= 15 is 0 Å². The van der Waals surface area contributed by atoms with Crippen molar-refractivity contribution in [1.29, 1.82) is 0 Å². The molecule has 1 atom stereocenters. The van der Waals surface area contributed by atoms with E-state index < -0.39 is 5.60 Å². The molecule has 33 heavy (non-hydrogen) atoms. The third-order valence-electron chi connectivity index (χ3n) is 6.51. The van der Waals surface area contributed by atoms with Crippen molar-refractivity contribution in [3.8, 4) is 16.9 Å². The van der Waals surface area contributed by atoms with Crippen molar-refractivity contribution in [3.05, 3.63) is 30.1 Å². The second kappa shape index (κ2) is 8.72.